The second kappa shape index (κ2) is 6.62. The fraction of sp³-hybridized carbons (Fsp3) is 0.188. The smallest absolute Gasteiger partial charge is 0.312 e. The lowest BCUT2D eigenvalue weighted by molar-refractivity contribution is 0.249. The number of carbonyl (C=O) groups is 1. The number of benzene rings is 1. The molecule has 0 aliphatic carbocycles. The van der Waals surface area contributed by atoms with E-state index in [1.165, 1.54) is 0 Å². The van der Waals surface area contributed by atoms with Gasteiger partial charge in [-0.1, -0.05) is 0 Å². The van der Waals surface area contributed by atoms with E-state index >= 15 is 0 Å². The molecule has 0 unspecified atom stereocenters. The first-order valence-corrected chi connectivity index (χ1v) is 7.89. The van der Waals surface area contributed by atoms with E-state index in [0.29, 0.717) is 13.0 Å². The zero-order valence-corrected chi connectivity index (χ0v) is 13.4. The van der Waals surface area contributed by atoms with Crippen LogP contribution in [0.1, 0.15) is 5.56 Å². The summed E-state index contributed by atoms with van der Waals surface area (Å²) in [5.74, 6) is 0.791. The summed E-state index contributed by atoms with van der Waals surface area (Å²) in [6, 6.07) is 7.36. The van der Waals surface area contributed by atoms with E-state index in [0.717, 1.165) is 32.1 Å². The predicted molar refractivity (Wildman–Crippen MR) is 90.7 cm³/mol. The Labute approximate surface area is 137 Å². The summed E-state index contributed by atoms with van der Waals surface area (Å²) in [6.45, 7) is 0.484. The Morgan fingerprint density at radius 3 is 3.00 bits per heavy atom. The third kappa shape index (κ3) is 3.57. The fourth-order valence-electron chi connectivity index (χ4n) is 2.23. The number of carbonyl (C=O) groups excluding carboxylic acids is 1. The summed E-state index contributed by atoms with van der Waals surface area (Å²) in [5, 5.41) is 3.48. The Morgan fingerprint density at radius 2 is 2.22 bits per heavy atom. The number of aromatic nitrogens is 2. The maximum absolute atomic E-state index is 10.7. The van der Waals surface area contributed by atoms with Crippen LogP contribution in [0.4, 0.5) is 4.79 Å². The van der Waals surface area contributed by atoms with E-state index in [-0.39, 0.29) is 0 Å². The van der Waals surface area contributed by atoms with Crippen LogP contribution < -0.4 is 15.8 Å². The van der Waals surface area contributed by atoms with Crippen LogP contribution in [0.3, 0.4) is 0 Å². The first-order valence-electron chi connectivity index (χ1n) is 7.08. The number of ether oxygens (including phenoxy) is 1. The van der Waals surface area contributed by atoms with Gasteiger partial charge in [-0.05, 0) is 30.2 Å². The summed E-state index contributed by atoms with van der Waals surface area (Å²) in [6.07, 6.45) is 4.24. The molecular formula is C16H16N4O2S. The van der Waals surface area contributed by atoms with Gasteiger partial charge in [0.15, 0.2) is 0 Å². The number of thiazole rings is 1. The normalized spacial score (nSPS) is 10.7. The highest BCUT2D eigenvalue weighted by atomic mass is 32.1. The zero-order valence-electron chi connectivity index (χ0n) is 12.6. The van der Waals surface area contributed by atoms with Gasteiger partial charge in [0.1, 0.15) is 10.8 Å². The van der Waals surface area contributed by atoms with E-state index in [1.807, 2.05) is 24.3 Å². The number of urea groups is 1. The van der Waals surface area contributed by atoms with Gasteiger partial charge < -0.3 is 15.8 Å². The number of nitrogens with one attached hydrogen (secondary N) is 1. The molecule has 0 bridgehead atoms. The van der Waals surface area contributed by atoms with Crippen molar-refractivity contribution in [1.82, 2.24) is 15.3 Å². The second-order valence-corrected chi connectivity index (χ2v) is 6.01. The summed E-state index contributed by atoms with van der Waals surface area (Å²) in [4.78, 5) is 19.6. The van der Waals surface area contributed by atoms with Crippen LogP contribution in [-0.4, -0.2) is 29.7 Å². The molecule has 3 rings (SSSR count). The van der Waals surface area contributed by atoms with Gasteiger partial charge in [0, 0.05) is 30.6 Å². The molecule has 6 nitrogen and oxygen atoms in total. The molecule has 1 aromatic carbocycles. The van der Waals surface area contributed by atoms with Gasteiger partial charge in [0.05, 0.1) is 17.3 Å². The Bertz CT molecular complexity index is 847. The molecule has 3 aromatic rings. The minimum atomic E-state index is -0.519. The van der Waals surface area contributed by atoms with Crippen LogP contribution >= 0.6 is 11.3 Å². The monoisotopic (exact) mass is 328 g/mol. The van der Waals surface area contributed by atoms with Gasteiger partial charge in [0.25, 0.3) is 0 Å². The first-order chi connectivity index (χ1) is 11.2. The van der Waals surface area contributed by atoms with Gasteiger partial charge in [0.2, 0.25) is 0 Å². The number of primary amides is 1. The number of pyridine rings is 1. The molecule has 2 amide bonds. The molecule has 118 valence electrons. The molecule has 23 heavy (non-hydrogen) atoms. The standard InChI is InChI=1S/C16H16N4O2S/c1-22-12-2-3-14-13(7-12)20-15(23-14)11-6-10(8-18-9-11)4-5-19-16(17)21/h2-3,6-9H,4-5H2,1H3,(H3,17,19,21). The lowest BCUT2D eigenvalue weighted by Gasteiger charge is -2.03. The summed E-state index contributed by atoms with van der Waals surface area (Å²) in [5.41, 5.74) is 7.95. The van der Waals surface area contributed by atoms with Crippen molar-refractivity contribution in [3.8, 4) is 16.3 Å². The number of fused-ring (bicyclic) bond motifs is 1. The molecule has 0 spiro atoms. The topological polar surface area (TPSA) is 90.1 Å². The number of nitrogens with zero attached hydrogens (tertiary/aromatic N) is 2. The van der Waals surface area contributed by atoms with E-state index in [2.05, 4.69) is 15.3 Å². The first kappa shape index (κ1) is 15.2. The number of rotatable bonds is 5. The highest BCUT2D eigenvalue weighted by molar-refractivity contribution is 7.21. The van der Waals surface area contributed by atoms with E-state index in [1.54, 1.807) is 30.8 Å². The summed E-state index contributed by atoms with van der Waals surface area (Å²) >= 11 is 1.61. The van der Waals surface area contributed by atoms with Crippen LogP contribution in [0.5, 0.6) is 5.75 Å². The number of hydrogen-bond donors (Lipinski definition) is 2. The molecule has 7 heteroatoms. The number of hydrogen-bond acceptors (Lipinski definition) is 5. The Morgan fingerprint density at radius 1 is 1.35 bits per heavy atom. The Hall–Kier alpha value is -2.67. The van der Waals surface area contributed by atoms with Crippen molar-refractivity contribution in [2.45, 2.75) is 6.42 Å². The summed E-state index contributed by atoms with van der Waals surface area (Å²) < 4.78 is 6.33. The second-order valence-electron chi connectivity index (χ2n) is 4.98. The van der Waals surface area contributed by atoms with Crippen molar-refractivity contribution in [3.63, 3.8) is 0 Å². The predicted octanol–water partition coefficient (Wildman–Crippen LogP) is 2.58. The molecule has 0 saturated carbocycles. The van der Waals surface area contributed by atoms with E-state index in [9.17, 15) is 4.79 Å². The minimum absolute atomic E-state index is 0.484. The largest absolute Gasteiger partial charge is 0.497 e. The van der Waals surface area contributed by atoms with Crippen molar-refractivity contribution in [2.75, 3.05) is 13.7 Å². The van der Waals surface area contributed by atoms with Crippen LogP contribution in [0.2, 0.25) is 0 Å². The molecule has 3 N–H and O–H groups in total. The number of methoxy groups -OCH3 is 1. The maximum Gasteiger partial charge on any atom is 0.312 e. The van der Waals surface area contributed by atoms with Crippen molar-refractivity contribution in [3.05, 3.63) is 42.2 Å². The molecule has 0 aliphatic heterocycles. The molecule has 0 fully saturated rings. The minimum Gasteiger partial charge on any atom is -0.497 e. The van der Waals surface area contributed by atoms with Crippen molar-refractivity contribution < 1.29 is 9.53 Å². The molecule has 0 saturated heterocycles. The van der Waals surface area contributed by atoms with Gasteiger partial charge in [-0.15, -0.1) is 11.3 Å². The quantitative estimate of drug-likeness (QED) is 0.753. The van der Waals surface area contributed by atoms with Gasteiger partial charge in [-0.3, -0.25) is 4.98 Å². The lowest BCUT2D eigenvalue weighted by atomic mass is 10.1. The third-order valence-corrected chi connectivity index (χ3v) is 4.43. The third-order valence-electron chi connectivity index (χ3n) is 3.35. The molecule has 0 radical (unpaired) electrons. The number of nitrogens with two attached hydrogens (primary N) is 1. The summed E-state index contributed by atoms with van der Waals surface area (Å²) in [7, 11) is 1.64. The molecule has 0 aliphatic rings. The van der Waals surface area contributed by atoms with E-state index < -0.39 is 6.03 Å². The van der Waals surface area contributed by atoms with Crippen LogP contribution in [0.15, 0.2) is 36.7 Å². The maximum atomic E-state index is 10.7. The van der Waals surface area contributed by atoms with Gasteiger partial charge >= 0.3 is 6.03 Å². The highest BCUT2D eigenvalue weighted by Gasteiger charge is 2.08. The van der Waals surface area contributed by atoms with Crippen LogP contribution in [0, 0.1) is 0 Å². The zero-order chi connectivity index (χ0) is 16.2. The molecule has 0 atom stereocenters. The van der Waals surface area contributed by atoms with Crippen LogP contribution in [0.25, 0.3) is 20.8 Å². The van der Waals surface area contributed by atoms with Crippen molar-refractivity contribution in [1.29, 1.82) is 0 Å². The highest BCUT2D eigenvalue weighted by Crippen LogP contribution is 2.32. The SMILES string of the molecule is COc1ccc2sc(-c3cncc(CCNC(N)=O)c3)nc2c1. The Balaban J connectivity index is 1.84. The van der Waals surface area contributed by atoms with Crippen molar-refractivity contribution >= 4 is 27.6 Å². The van der Waals surface area contributed by atoms with E-state index in [4.69, 9.17) is 10.5 Å². The van der Waals surface area contributed by atoms with Crippen LogP contribution in [-0.2, 0) is 6.42 Å². The Kier molecular flexibility index (Phi) is 4.38. The molecule has 2 aromatic heterocycles. The fourth-order valence-corrected chi connectivity index (χ4v) is 3.16. The van der Waals surface area contributed by atoms with Gasteiger partial charge in [-0.2, -0.15) is 0 Å². The van der Waals surface area contributed by atoms with Crippen molar-refractivity contribution in [2.24, 2.45) is 5.73 Å². The number of amides is 2. The average Bonchev–Trinajstić information content (AvgIpc) is 2.98. The lowest BCUT2D eigenvalue weighted by Crippen LogP contribution is -2.30. The average molecular weight is 328 g/mol. The molecule has 2 heterocycles. The van der Waals surface area contributed by atoms with Gasteiger partial charge in [-0.25, -0.2) is 9.78 Å². The molecular weight excluding hydrogens is 312 g/mol.